The number of aryl methyl sites for hydroxylation is 1. The lowest BCUT2D eigenvalue weighted by Gasteiger charge is -2.12. The van der Waals surface area contributed by atoms with Gasteiger partial charge in [0.15, 0.2) is 11.5 Å². The standard InChI is InChI=1S/C17H19N7O2S/c1-9(2)14(25)15-21-20-13-5-4-11(7-23(13)15)16(26)18-6-12-8-24-17(19-12)27-10(3)22-24/h4-5,7-9,14,25H,6H2,1-3H3,(H,18,26). The van der Waals surface area contributed by atoms with Crippen LogP contribution in [-0.2, 0) is 6.54 Å². The Morgan fingerprint density at radius 3 is 2.85 bits per heavy atom. The van der Waals surface area contributed by atoms with Crippen LogP contribution < -0.4 is 5.32 Å². The molecule has 0 radical (unpaired) electrons. The predicted octanol–water partition coefficient (Wildman–Crippen LogP) is 1.76. The molecule has 1 amide bonds. The molecule has 0 aliphatic heterocycles. The molecule has 0 saturated carbocycles. The van der Waals surface area contributed by atoms with Crippen LogP contribution in [0.3, 0.4) is 0 Å². The van der Waals surface area contributed by atoms with Gasteiger partial charge in [0.1, 0.15) is 11.1 Å². The van der Waals surface area contributed by atoms with E-state index in [1.54, 1.807) is 33.4 Å². The van der Waals surface area contributed by atoms with Crippen LogP contribution in [-0.4, -0.2) is 40.2 Å². The maximum atomic E-state index is 12.5. The molecular weight excluding hydrogens is 366 g/mol. The molecule has 4 rings (SSSR count). The molecule has 140 valence electrons. The minimum Gasteiger partial charge on any atom is -0.385 e. The fourth-order valence-electron chi connectivity index (χ4n) is 2.75. The number of aliphatic hydroxyl groups excluding tert-OH is 1. The van der Waals surface area contributed by atoms with Crippen molar-refractivity contribution in [3.63, 3.8) is 0 Å². The third kappa shape index (κ3) is 3.28. The summed E-state index contributed by atoms with van der Waals surface area (Å²) in [7, 11) is 0. The van der Waals surface area contributed by atoms with E-state index in [1.807, 2.05) is 20.8 Å². The van der Waals surface area contributed by atoms with Gasteiger partial charge in [-0.25, -0.2) is 9.50 Å². The van der Waals surface area contributed by atoms with E-state index in [-0.39, 0.29) is 11.8 Å². The Kier molecular flexibility index (Phi) is 4.36. The average molecular weight is 385 g/mol. The van der Waals surface area contributed by atoms with Gasteiger partial charge in [0, 0.05) is 6.20 Å². The van der Waals surface area contributed by atoms with Crippen LogP contribution in [0.4, 0.5) is 0 Å². The van der Waals surface area contributed by atoms with E-state index in [2.05, 4.69) is 25.6 Å². The number of hydrogen-bond acceptors (Lipinski definition) is 7. The smallest absolute Gasteiger partial charge is 0.253 e. The number of pyridine rings is 1. The Morgan fingerprint density at radius 2 is 2.11 bits per heavy atom. The van der Waals surface area contributed by atoms with Crippen molar-refractivity contribution < 1.29 is 9.90 Å². The summed E-state index contributed by atoms with van der Waals surface area (Å²) in [6, 6.07) is 3.39. The number of carbonyl (C=O) groups excluding carboxylic acids is 1. The number of amides is 1. The monoisotopic (exact) mass is 385 g/mol. The zero-order valence-electron chi connectivity index (χ0n) is 15.1. The van der Waals surface area contributed by atoms with Gasteiger partial charge in [0.25, 0.3) is 5.91 Å². The molecule has 1 unspecified atom stereocenters. The van der Waals surface area contributed by atoms with Gasteiger partial charge in [-0.1, -0.05) is 25.2 Å². The topological polar surface area (TPSA) is 110 Å². The second kappa shape index (κ2) is 6.71. The van der Waals surface area contributed by atoms with E-state index in [4.69, 9.17) is 0 Å². The summed E-state index contributed by atoms with van der Waals surface area (Å²) < 4.78 is 3.36. The van der Waals surface area contributed by atoms with Crippen LogP contribution in [0.1, 0.15) is 46.8 Å². The Balaban J connectivity index is 1.53. The number of fused-ring (bicyclic) bond motifs is 2. The summed E-state index contributed by atoms with van der Waals surface area (Å²) >= 11 is 1.50. The minimum absolute atomic E-state index is 0.0121. The van der Waals surface area contributed by atoms with Gasteiger partial charge in [0.2, 0.25) is 4.96 Å². The molecule has 4 aromatic heterocycles. The van der Waals surface area contributed by atoms with Crippen LogP contribution in [0, 0.1) is 12.8 Å². The molecule has 0 fully saturated rings. The molecule has 1 atom stereocenters. The van der Waals surface area contributed by atoms with Crippen LogP contribution >= 0.6 is 11.3 Å². The van der Waals surface area contributed by atoms with Crippen molar-refractivity contribution >= 4 is 27.9 Å². The molecule has 27 heavy (non-hydrogen) atoms. The third-order valence-corrected chi connectivity index (χ3v) is 5.05. The number of aliphatic hydroxyl groups is 1. The third-order valence-electron chi connectivity index (χ3n) is 4.21. The van der Waals surface area contributed by atoms with E-state index in [1.165, 1.54) is 11.3 Å². The van der Waals surface area contributed by atoms with Crippen molar-refractivity contribution in [2.45, 2.75) is 33.4 Å². The SMILES string of the molecule is Cc1nn2cc(CNC(=O)c3ccc4nnc(C(O)C(C)C)n4c3)nc2s1. The van der Waals surface area contributed by atoms with Crippen LogP contribution in [0.5, 0.6) is 0 Å². The lowest BCUT2D eigenvalue weighted by Crippen LogP contribution is -2.23. The van der Waals surface area contributed by atoms with Gasteiger partial charge in [-0.3, -0.25) is 9.20 Å². The van der Waals surface area contributed by atoms with Crippen LogP contribution in [0.2, 0.25) is 0 Å². The highest BCUT2D eigenvalue weighted by molar-refractivity contribution is 7.16. The maximum absolute atomic E-state index is 12.5. The Hall–Kier alpha value is -2.85. The molecular formula is C17H19N7O2S. The van der Waals surface area contributed by atoms with E-state index >= 15 is 0 Å². The van der Waals surface area contributed by atoms with Crippen LogP contribution in [0.25, 0.3) is 10.6 Å². The largest absolute Gasteiger partial charge is 0.385 e. The summed E-state index contributed by atoms with van der Waals surface area (Å²) in [5.74, 6) is 0.170. The summed E-state index contributed by atoms with van der Waals surface area (Å²) in [4.78, 5) is 17.8. The molecule has 2 N–H and O–H groups in total. The van der Waals surface area contributed by atoms with E-state index in [9.17, 15) is 9.90 Å². The minimum atomic E-state index is -0.757. The number of rotatable bonds is 5. The Bertz CT molecular complexity index is 1100. The van der Waals surface area contributed by atoms with Crippen LogP contribution in [0.15, 0.2) is 24.5 Å². The first-order chi connectivity index (χ1) is 12.9. The lowest BCUT2D eigenvalue weighted by atomic mass is 10.1. The second-order valence-corrected chi connectivity index (χ2v) is 7.82. The highest BCUT2D eigenvalue weighted by atomic mass is 32.1. The van der Waals surface area contributed by atoms with Gasteiger partial charge in [-0.2, -0.15) is 5.10 Å². The molecule has 0 aliphatic rings. The molecule has 4 aromatic rings. The first kappa shape index (κ1) is 17.6. The molecule has 4 heterocycles. The molecule has 0 bridgehead atoms. The highest BCUT2D eigenvalue weighted by Gasteiger charge is 2.19. The molecule has 0 aliphatic carbocycles. The van der Waals surface area contributed by atoms with E-state index in [0.717, 1.165) is 15.7 Å². The molecule has 0 aromatic carbocycles. The Labute approximate surface area is 158 Å². The quantitative estimate of drug-likeness (QED) is 0.542. The number of hydrogen-bond donors (Lipinski definition) is 2. The van der Waals surface area contributed by atoms with Crippen molar-refractivity contribution in [1.29, 1.82) is 0 Å². The highest BCUT2D eigenvalue weighted by Crippen LogP contribution is 2.20. The molecule has 9 nitrogen and oxygen atoms in total. The van der Waals surface area contributed by atoms with Gasteiger partial charge in [-0.15, -0.1) is 10.2 Å². The fraction of sp³-hybridized carbons (Fsp3) is 0.353. The van der Waals surface area contributed by atoms with Gasteiger partial charge in [0.05, 0.1) is 24.0 Å². The fourth-order valence-corrected chi connectivity index (χ4v) is 3.49. The number of imidazole rings is 1. The van der Waals surface area contributed by atoms with Gasteiger partial charge in [-0.05, 0) is 25.0 Å². The maximum Gasteiger partial charge on any atom is 0.253 e. The zero-order valence-corrected chi connectivity index (χ0v) is 15.9. The molecule has 10 heteroatoms. The molecule has 0 saturated heterocycles. The average Bonchev–Trinajstić information content (AvgIpc) is 3.30. The Morgan fingerprint density at radius 1 is 1.30 bits per heavy atom. The predicted molar refractivity (Wildman–Crippen MR) is 99.6 cm³/mol. The lowest BCUT2D eigenvalue weighted by molar-refractivity contribution is 0.0949. The number of carbonyl (C=O) groups is 1. The first-order valence-corrected chi connectivity index (χ1v) is 9.36. The normalized spacial score (nSPS) is 12.9. The summed E-state index contributed by atoms with van der Waals surface area (Å²) in [5, 5.41) is 26.5. The first-order valence-electron chi connectivity index (χ1n) is 8.55. The van der Waals surface area contributed by atoms with Crippen molar-refractivity contribution in [3.8, 4) is 0 Å². The van der Waals surface area contributed by atoms with Crippen molar-refractivity contribution in [3.05, 3.63) is 46.6 Å². The van der Waals surface area contributed by atoms with Crippen molar-refractivity contribution in [2.24, 2.45) is 5.92 Å². The van der Waals surface area contributed by atoms with Gasteiger partial charge >= 0.3 is 0 Å². The van der Waals surface area contributed by atoms with Gasteiger partial charge < -0.3 is 10.4 Å². The summed E-state index contributed by atoms with van der Waals surface area (Å²) in [6.45, 7) is 6.02. The second-order valence-electron chi connectivity index (χ2n) is 6.66. The van der Waals surface area contributed by atoms with Crippen molar-refractivity contribution in [2.75, 3.05) is 0 Å². The number of aromatic nitrogens is 6. The van der Waals surface area contributed by atoms with Crippen molar-refractivity contribution in [1.82, 2.24) is 34.5 Å². The number of nitrogens with zero attached hydrogens (tertiary/aromatic N) is 6. The number of nitrogens with one attached hydrogen (secondary N) is 1. The zero-order chi connectivity index (χ0) is 19.1. The van der Waals surface area contributed by atoms with E-state index < -0.39 is 6.10 Å². The summed E-state index contributed by atoms with van der Waals surface area (Å²) in [6.07, 6.45) is 2.69. The van der Waals surface area contributed by atoms with E-state index in [0.29, 0.717) is 23.6 Å². The molecule has 0 spiro atoms. The summed E-state index contributed by atoms with van der Waals surface area (Å²) in [5.41, 5.74) is 1.77.